The number of hydrogen-bond acceptors (Lipinski definition) is 7. The van der Waals surface area contributed by atoms with E-state index in [1.807, 2.05) is 20.8 Å². The van der Waals surface area contributed by atoms with Crippen LogP contribution in [-0.2, 0) is 28.5 Å². The Labute approximate surface area is 185 Å². The molecule has 7 heteroatoms. The van der Waals surface area contributed by atoms with E-state index in [0.717, 1.165) is 31.1 Å². The lowest BCUT2D eigenvalue weighted by Gasteiger charge is -2.53. The zero-order valence-corrected chi connectivity index (χ0v) is 19.2. The highest BCUT2D eigenvalue weighted by Crippen LogP contribution is 2.42. The molecule has 4 aliphatic heterocycles. The quantitative estimate of drug-likeness (QED) is 0.522. The first-order valence-corrected chi connectivity index (χ1v) is 11.8. The molecule has 2 unspecified atom stereocenters. The number of aliphatic hydroxyl groups excluding tert-OH is 1. The zero-order valence-electron chi connectivity index (χ0n) is 19.2. The summed E-state index contributed by atoms with van der Waals surface area (Å²) < 4.78 is 30.9. The maximum absolute atomic E-state index is 11.0. The number of aldehydes is 1. The SMILES string of the molecule is C=C1C(C[C@@H]2O[C@H]3C[C@H]4OC(C)(C)OC[C@H]4O[C@H]3[C@H](C)[C@H]2O)OC(CCC=O)C[C@H]1C. The molecule has 176 valence electrons. The van der Waals surface area contributed by atoms with E-state index in [1.54, 1.807) is 0 Å². The van der Waals surface area contributed by atoms with Crippen molar-refractivity contribution in [3.8, 4) is 0 Å². The number of hydrogen-bond donors (Lipinski definition) is 1. The van der Waals surface area contributed by atoms with Crippen molar-refractivity contribution in [2.75, 3.05) is 6.61 Å². The minimum Gasteiger partial charge on any atom is -0.390 e. The molecule has 31 heavy (non-hydrogen) atoms. The van der Waals surface area contributed by atoms with E-state index in [0.29, 0.717) is 25.4 Å². The van der Waals surface area contributed by atoms with Crippen LogP contribution in [0.25, 0.3) is 0 Å². The highest BCUT2D eigenvalue weighted by Gasteiger charge is 2.52. The molecule has 4 rings (SSSR count). The van der Waals surface area contributed by atoms with Gasteiger partial charge in [-0.1, -0.05) is 20.4 Å². The monoisotopic (exact) mass is 438 g/mol. The first kappa shape index (κ1) is 23.3. The van der Waals surface area contributed by atoms with Gasteiger partial charge in [0.1, 0.15) is 12.4 Å². The van der Waals surface area contributed by atoms with Crippen molar-refractivity contribution in [2.45, 2.75) is 114 Å². The lowest BCUT2D eigenvalue weighted by atomic mass is 9.79. The summed E-state index contributed by atoms with van der Waals surface area (Å²) in [7, 11) is 0. The van der Waals surface area contributed by atoms with Crippen LogP contribution in [0.15, 0.2) is 12.2 Å². The smallest absolute Gasteiger partial charge is 0.163 e. The Bertz CT molecular complexity index is 664. The largest absolute Gasteiger partial charge is 0.390 e. The van der Waals surface area contributed by atoms with E-state index >= 15 is 0 Å². The molecule has 7 nitrogen and oxygen atoms in total. The van der Waals surface area contributed by atoms with Crippen LogP contribution in [0.2, 0.25) is 0 Å². The predicted octanol–water partition coefficient (Wildman–Crippen LogP) is 2.78. The van der Waals surface area contributed by atoms with Crippen molar-refractivity contribution in [3.63, 3.8) is 0 Å². The second-order valence-electron chi connectivity index (χ2n) is 10.2. The summed E-state index contributed by atoms with van der Waals surface area (Å²) in [5.41, 5.74) is 1.04. The lowest BCUT2D eigenvalue weighted by molar-refractivity contribution is -0.355. The van der Waals surface area contributed by atoms with Gasteiger partial charge in [-0.3, -0.25) is 0 Å². The summed E-state index contributed by atoms with van der Waals surface area (Å²) in [6, 6.07) is 0. The molecule has 4 aliphatic rings. The van der Waals surface area contributed by atoms with Crippen molar-refractivity contribution in [1.29, 1.82) is 0 Å². The molecule has 4 saturated heterocycles. The molecule has 4 fully saturated rings. The first-order valence-electron chi connectivity index (χ1n) is 11.8. The molecule has 10 atom stereocenters. The van der Waals surface area contributed by atoms with Gasteiger partial charge in [-0.05, 0) is 38.2 Å². The molecule has 0 bridgehead atoms. The summed E-state index contributed by atoms with van der Waals surface area (Å²) in [6.07, 6.45) is 2.63. The van der Waals surface area contributed by atoms with E-state index in [9.17, 15) is 9.90 Å². The lowest BCUT2D eigenvalue weighted by Crippen LogP contribution is -2.63. The van der Waals surface area contributed by atoms with Crippen molar-refractivity contribution in [3.05, 3.63) is 12.2 Å². The summed E-state index contributed by atoms with van der Waals surface area (Å²) in [6.45, 7) is 12.8. The predicted molar refractivity (Wildman–Crippen MR) is 114 cm³/mol. The van der Waals surface area contributed by atoms with E-state index in [2.05, 4.69) is 13.5 Å². The Hall–Kier alpha value is -0.830. The minimum absolute atomic E-state index is 0.0400. The van der Waals surface area contributed by atoms with Gasteiger partial charge in [0.05, 0.1) is 49.3 Å². The summed E-state index contributed by atoms with van der Waals surface area (Å²) >= 11 is 0. The average molecular weight is 439 g/mol. The van der Waals surface area contributed by atoms with Crippen LogP contribution in [0, 0.1) is 11.8 Å². The molecule has 0 spiro atoms. The third kappa shape index (κ3) is 4.92. The van der Waals surface area contributed by atoms with Gasteiger partial charge in [-0.15, -0.1) is 0 Å². The summed E-state index contributed by atoms with van der Waals surface area (Å²) in [4.78, 5) is 10.8. The number of carbonyl (C=O) groups excluding carboxylic acids is 1. The van der Waals surface area contributed by atoms with E-state index in [1.165, 1.54) is 0 Å². The molecule has 1 N–H and O–H groups in total. The van der Waals surface area contributed by atoms with Gasteiger partial charge in [0.15, 0.2) is 5.79 Å². The number of rotatable bonds is 5. The number of ether oxygens (including phenoxy) is 5. The first-order chi connectivity index (χ1) is 14.7. The molecule has 0 aromatic heterocycles. The maximum Gasteiger partial charge on any atom is 0.163 e. The topological polar surface area (TPSA) is 83.5 Å². The van der Waals surface area contributed by atoms with Crippen LogP contribution >= 0.6 is 0 Å². The number of carbonyl (C=O) groups is 1. The second-order valence-corrected chi connectivity index (χ2v) is 10.2. The van der Waals surface area contributed by atoms with Crippen molar-refractivity contribution >= 4 is 6.29 Å². The van der Waals surface area contributed by atoms with Gasteiger partial charge in [-0.25, -0.2) is 0 Å². The Balaban J connectivity index is 1.42. The van der Waals surface area contributed by atoms with Crippen molar-refractivity contribution in [2.24, 2.45) is 11.8 Å². The van der Waals surface area contributed by atoms with Gasteiger partial charge in [0.2, 0.25) is 0 Å². The molecule has 4 heterocycles. The van der Waals surface area contributed by atoms with Crippen LogP contribution in [0.3, 0.4) is 0 Å². The molecular weight excluding hydrogens is 400 g/mol. The van der Waals surface area contributed by atoms with Crippen LogP contribution in [0.4, 0.5) is 0 Å². The molecule has 0 amide bonds. The fourth-order valence-electron chi connectivity index (χ4n) is 5.57. The fraction of sp³-hybridized carbons (Fsp3) is 0.875. The average Bonchev–Trinajstić information content (AvgIpc) is 2.72. The van der Waals surface area contributed by atoms with Crippen LogP contribution in [-0.4, -0.2) is 72.6 Å². The summed E-state index contributed by atoms with van der Waals surface area (Å²) in [5, 5.41) is 11.0. The maximum atomic E-state index is 11.0. The fourth-order valence-corrected chi connectivity index (χ4v) is 5.57. The van der Waals surface area contributed by atoms with Crippen molar-refractivity contribution in [1.82, 2.24) is 0 Å². The Kier molecular flexibility index (Phi) is 6.92. The summed E-state index contributed by atoms with van der Waals surface area (Å²) in [5.74, 6) is -0.380. The second kappa shape index (κ2) is 9.20. The van der Waals surface area contributed by atoms with Crippen LogP contribution in [0.1, 0.15) is 59.8 Å². The Morgan fingerprint density at radius 2 is 1.90 bits per heavy atom. The van der Waals surface area contributed by atoms with Gasteiger partial charge in [0, 0.05) is 25.2 Å². The van der Waals surface area contributed by atoms with E-state index in [4.69, 9.17) is 23.7 Å². The molecule has 0 aromatic carbocycles. The van der Waals surface area contributed by atoms with Crippen LogP contribution in [0.5, 0.6) is 0 Å². The van der Waals surface area contributed by atoms with Crippen molar-refractivity contribution < 1.29 is 33.6 Å². The Morgan fingerprint density at radius 3 is 2.65 bits per heavy atom. The Morgan fingerprint density at radius 1 is 1.13 bits per heavy atom. The van der Waals surface area contributed by atoms with Gasteiger partial charge >= 0.3 is 0 Å². The third-order valence-corrected chi connectivity index (χ3v) is 7.47. The standard InChI is InChI=1S/C24H38O7/c1-13-9-16(7-6-8-25)28-17(14(13)2)10-19-22(26)15(3)23-20(29-19)11-18-21(30-23)12-27-24(4,5)31-18/h8,13,15-23,26H,2,6-7,9-12H2,1,3-5H3/t13-,15-,16?,17?,18-,19+,20+,21-,22-,23+/m1/s1. The highest BCUT2D eigenvalue weighted by molar-refractivity contribution is 5.49. The van der Waals surface area contributed by atoms with E-state index < -0.39 is 11.9 Å². The molecule has 0 aliphatic carbocycles. The van der Waals surface area contributed by atoms with Gasteiger partial charge < -0.3 is 33.6 Å². The molecule has 0 radical (unpaired) electrons. The normalized spacial score (nSPS) is 47.3. The van der Waals surface area contributed by atoms with E-state index in [-0.39, 0.29) is 48.6 Å². The van der Waals surface area contributed by atoms with Gasteiger partial charge in [0.25, 0.3) is 0 Å². The van der Waals surface area contributed by atoms with Gasteiger partial charge in [-0.2, -0.15) is 0 Å². The third-order valence-electron chi connectivity index (χ3n) is 7.47. The molecule has 0 saturated carbocycles. The number of aliphatic hydroxyl groups is 1. The molecular formula is C24H38O7. The minimum atomic E-state index is -0.651. The zero-order chi connectivity index (χ0) is 22.3. The molecule has 0 aromatic rings. The highest BCUT2D eigenvalue weighted by atomic mass is 16.7. The number of fused-ring (bicyclic) bond motifs is 2. The van der Waals surface area contributed by atoms with Crippen LogP contribution < -0.4 is 0 Å².